The molecular formula is C23H25N5. The zero-order valence-electron chi connectivity index (χ0n) is 16.2. The van der Waals surface area contributed by atoms with Crippen LogP contribution in [0.4, 0.5) is 5.82 Å². The Morgan fingerprint density at radius 2 is 1.89 bits per heavy atom. The highest BCUT2D eigenvalue weighted by atomic mass is 15.4. The zero-order valence-corrected chi connectivity index (χ0v) is 16.2. The lowest BCUT2D eigenvalue weighted by molar-refractivity contribution is 0.421. The molecule has 1 unspecified atom stereocenters. The molecule has 2 N–H and O–H groups in total. The summed E-state index contributed by atoms with van der Waals surface area (Å²) in [5.41, 5.74) is 10.9. The second kappa shape index (κ2) is 7.87. The Balaban J connectivity index is 1.77. The predicted octanol–water partition coefficient (Wildman–Crippen LogP) is 3.89. The van der Waals surface area contributed by atoms with E-state index in [1.165, 1.54) is 12.0 Å². The first-order valence-electron chi connectivity index (χ1n) is 9.80. The van der Waals surface area contributed by atoms with Crippen molar-refractivity contribution in [1.82, 2.24) is 9.78 Å². The van der Waals surface area contributed by atoms with Crippen LogP contribution >= 0.6 is 0 Å². The van der Waals surface area contributed by atoms with Crippen molar-refractivity contribution in [2.45, 2.75) is 19.8 Å². The van der Waals surface area contributed by atoms with Crippen LogP contribution in [0.15, 0.2) is 54.6 Å². The van der Waals surface area contributed by atoms with Gasteiger partial charge in [-0.25, -0.2) is 4.68 Å². The molecule has 1 fully saturated rings. The predicted molar refractivity (Wildman–Crippen MR) is 112 cm³/mol. The van der Waals surface area contributed by atoms with Crippen LogP contribution < -0.4 is 10.6 Å². The van der Waals surface area contributed by atoms with E-state index in [0.29, 0.717) is 11.5 Å². The number of aryl methyl sites for hydroxylation is 1. The Bertz CT molecular complexity index is 979. The van der Waals surface area contributed by atoms with Crippen molar-refractivity contribution in [3.63, 3.8) is 0 Å². The number of nitriles is 1. The van der Waals surface area contributed by atoms with Crippen molar-refractivity contribution < 1.29 is 0 Å². The van der Waals surface area contributed by atoms with E-state index in [2.05, 4.69) is 48.2 Å². The Hall–Kier alpha value is -3.10. The van der Waals surface area contributed by atoms with Crippen LogP contribution in [0.5, 0.6) is 0 Å². The number of aromatic nitrogens is 2. The van der Waals surface area contributed by atoms with E-state index in [1.807, 2.05) is 28.9 Å². The molecule has 0 bridgehead atoms. The van der Waals surface area contributed by atoms with Crippen LogP contribution in [-0.2, 0) is 0 Å². The topological polar surface area (TPSA) is 70.9 Å². The van der Waals surface area contributed by atoms with Gasteiger partial charge in [-0.2, -0.15) is 5.26 Å². The number of anilines is 1. The fourth-order valence-corrected chi connectivity index (χ4v) is 3.79. The molecule has 28 heavy (non-hydrogen) atoms. The number of hydrogen-bond acceptors (Lipinski definition) is 4. The normalized spacial score (nSPS) is 16.8. The Labute approximate surface area is 166 Å². The Morgan fingerprint density at radius 3 is 2.57 bits per heavy atom. The van der Waals surface area contributed by atoms with Crippen LogP contribution in [0.25, 0.3) is 16.9 Å². The Kier molecular flexibility index (Phi) is 5.14. The summed E-state index contributed by atoms with van der Waals surface area (Å²) in [7, 11) is 0. The second-order valence-electron chi connectivity index (χ2n) is 7.51. The number of nitrogens with two attached hydrogens (primary N) is 1. The molecule has 0 saturated carbocycles. The summed E-state index contributed by atoms with van der Waals surface area (Å²) in [5.74, 6) is 1.51. The van der Waals surface area contributed by atoms with E-state index in [4.69, 9.17) is 16.1 Å². The first kappa shape index (κ1) is 18.3. The van der Waals surface area contributed by atoms with Gasteiger partial charge < -0.3 is 10.6 Å². The molecule has 1 atom stereocenters. The van der Waals surface area contributed by atoms with E-state index in [1.54, 1.807) is 0 Å². The van der Waals surface area contributed by atoms with Crippen molar-refractivity contribution in [3.05, 3.63) is 65.7 Å². The molecule has 4 rings (SSSR count). The van der Waals surface area contributed by atoms with Crippen molar-refractivity contribution in [3.8, 4) is 23.0 Å². The smallest absolute Gasteiger partial charge is 0.151 e. The molecule has 5 nitrogen and oxygen atoms in total. The maximum absolute atomic E-state index is 9.10. The highest BCUT2D eigenvalue weighted by molar-refractivity contribution is 5.67. The third-order valence-electron chi connectivity index (χ3n) is 5.46. The lowest BCUT2D eigenvalue weighted by Crippen LogP contribution is -2.38. The van der Waals surface area contributed by atoms with Crippen molar-refractivity contribution in [1.29, 1.82) is 5.26 Å². The van der Waals surface area contributed by atoms with E-state index in [-0.39, 0.29) is 0 Å². The molecule has 3 aromatic rings. The number of benzene rings is 2. The van der Waals surface area contributed by atoms with Crippen molar-refractivity contribution >= 4 is 5.82 Å². The fraction of sp³-hybridized carbons (Fsp3) is 0.304. The summed E-state index contributed by atoms with van der Waals surface area (Å²) in [4.78, 5) is 2.35. The van der Waals surface area contributed by atoms with Gasteiger partial charge in [0.25, 0.3) is 0 Å². The molecule has 1 aliphatic heterocycles. The van der Waals surface area contributed by atoms with E-state index < -0.39 is 0 Å². The van der Waals surface area contributed by atoms with Crippen LogP contribution in [-0.4, -0.2) is 29.4 Å². The number of hydrogen-bond donors (Lipinski definition) is 1. The molecular weight excluding hydrogens is 346 g/mol. The minimum absolute atomic E-state index is 0.525. The fourth-order valence-electron chi connectivity index (χ4n) is 3.79. The van der Waals surface area contributed by atoms with Crippen LogP contribution in [0.1, 0.15) is 24.0 Å². The second-order valence-corrected chi connectivity index (χ2v) is 7.51. The SMILES string of the molecule is Cc1ccc(-n2nc(N3CCCC(CN)C3)cc2-c2ccc(C#N)cc2)cc1. The molecule has 2 aromatic carbocycles. The van der Waals surface area contributed by atoms with Gasteiger partial charge in [0.1, 0.15) is 0 Å². The summed E-state index contributed by atoms with van der Waals surface area (Å²) < 4.78 is 2.00. The zero-order chi connectivity index (χ0) is 19.5. The summed E-state index contributed by atoms with van der Waals surface area (Å²) >= 11 is 0. The monoisotopic (exact) mass is 371 g/mol. The van der Waals surface area contributed by atoms with E-state index in [0.717, 1.165) is 48.8 Å². The molecule has 2 heterocycles. The number of rotatable bonds is 4. The number of piperidine rings is 1. The molecule has 1 saturated heterocycles. The maximum Gasteiger partial charge on any atom is 0.151 e. The van der Waals surface area contributed by atoms with Gasteiger partial charge in [0.15, 0.2) is 5.82 Å². The third-order valence-corrected chi connectivity index (χ3v) is 5.46. The van der Waals surface area contributed by atoms with E-state index in [9.17, 15) is 0 Å². The highest BCUT2D eigenvalue weighted by Gasteiger charge is 2.22. The van der Waals surface area contributed by atoms with Crippen LogP contribution in [0.2, 0.25) is 0 Å². The van der Waals surface area contributed by atoms with Gasteiger partial charge in [-0.1, -0.05) is 29.8 Å². The van der Waals surface area contributed by atoms with Gasteiger partial charge in [-0.05, 0) is 56.5 Å². The molecule has 1 aliphatic rings. The lowest BCUT2D eigenvalue weighted by atomic mass is 9.98. The highest BCUT2D eigenvalue weighted by Crippen LogP contribution is 2.30. The maximum atomic E-state index is 9.10. The standard InChI is InChI=1S/C23H25N5/c1-17-4-10-21(11-5-17)28-22(20-8-6-18(14-24)7-9-20)13-23(26-28)27-12-2-3-19(15-25)16-27/h4-11,13,19H,2-3,12,15-16,25H2,1H3. The number of nitrogens with zero attached hydrogens (tertiary/aromatic N) is 4. The largest absolute Gasteiger partial charge is 0.355 e. The van der Waals surface area contributed by atoms with Crippen LogP contribution in [0.3, 0.4) is 0 Å². The minimum atomic E-state index is 0.525. The lowest BCUT2D eigenvalue weighted by Gasteiger charge is -2.32. The van der Waals surface area contributed by atoms with Gasteiger partial charge in [0.05, 0.1) is 23.0 Å². The first-order valence-corrected chi connectivity index (χ1v) is 9.80. The molecule has 142 valence electrons. The molecule has 0 spiro atoms. The van der Waals surface area contributed by atoms with Gasteiger partial charge in [-0.3, -0.25) is 0 Å². The molecule has 0 radical (unpaired) electrons. The molecule has 5 heteroatoms. The van der Waals surface area contributed by atoms with Crippen molar-refractivity contribution in [2.24, 2.45) is 11.7 Å². The van der Waals surface area contributed by atoms with Gasteiger partial charge in [-0.15, -0.1) is 5.10 Å². The summed E-state index contributed by atoms with van der Waals surface area (Å²) in [5, 5.41) is 14.1. The average Bonchev–Trinajstić information content (AvgIpc) is 3.20. The minimum Gasteiger partial charge on any atom is -0.355 e. The summed E-state index contributed by atoms with van der Waals surface area (Å²) in [6.45, 7) is 4.76. The Morgan fingerprint density at radius 1 is 1.14 bits per heavy atom. The van der Waals surface area contributed by atoms with Crippen molar-refractivity contribution in [2.75, 3.05) is 24.5 Å². The van der Waals surface area contributed by atoms with E-state index >= 15 is 0 Å². The summed E-state index contributed by atoms with van der Waals surface area (Å²) in [6.07, 6.45) is 2.33. The van der Waals surface area contributed by atoms with Crippen LogP contribution in [0, 0.1) is 24.2 Å². The van der Waals surface area contributed by atoms with Gasteiger partial charge in [0.2, 0.25) is 0 Å². The first-order chi connectivity index (χ1) is 13.7. The molecule has 0 aliphatic carbocycles. The average molecular weight is 371 g/mol. The quantitative estimate of drug-likeness (QED) is 0.755. The molecule has 1 aromatic heterocycles. The summed E-state index contributed by atoms with van der Waals surface area (Å²) in [6, 6.07) is 20.4. The third kappa shape index (κ3) is 3.64. The molecule has 0 amide bonds. The van der Waals surface area contributed by atoms with Gasteiger partial charge in [0, 0.05) is 24.7 Å². The van der Waals surface area contributed by atoms with Gasteiger partial charge >= 0.3 is 0 Å².